The Morgan fingerprint density at radius 3 is 0.883 bits per heavy atom. The summed E-state index contributed by atoms with van der Waals surface area (Å²) in [4.78, 5) is 5.07. The molecule has 0 aliphatic heterocycles. The van der Waals surface area contributed by atoms with E-state index in [-0.39, 0.29) is 16.2 Å². The predicted octanol–water partition coefficient (Wildman–Crippen LogP) is 31.2. The van der Waals surface area contributed by atoms with E-state index in [2.05, 4.69) is 465 Å². The van der Waals surface area contributed by atoms with Gasteiger partial charge in [-0.15, -0.1) is 0 Å². The number of nitrogens with zero attached hydrogens (tertiary/aromatic N) is 2. The highest BCUT2D eigenvalue weighted by Crippen LogP contribution is 2.62. The lowest BCUT2D eigenvalue weighted by molar-refractivity contribution is 0.590. The van der Waals surface area contributed by atoms with E-state index < -0.39 is 10.8 Å². The molecule has 0 N–H and O–H groups in total. The first-order valence-electron chi connectivity index (χ1n) is 42.5. The van der Waals surface area contributed by atoms with Gasteiger partial charge in [-0.3, -0.25) is 0 Å². The molecule has 4 aliphatic carbocycles. The van der Waals surface area contributed by atoms with Crippen molar-refractivity contribution in [3.63, 3.8) is 0 Å². The SMILES string of the molecule is CC(C)(C)c1ccc(N(c2ccc3c(c2)C(c2ccccc2)(c2ccccc2)c2ccccc2-3)c2ccc3c(-c4ccc5c(c4)C(C)(C)c4cc6ccccc6cc4-5)c4cc(N(c5ccccc5)c5ccc6c(c5)C(c5ccccc5)(c5ccccc5)c5ccccc5-6)ccc4c(-c4ccc5c(c4)C(C)(C)c4cc6ccccc6cc4-5)c3c2)cc1. The zero-order chi connectivity index (χ0) is 80.5. The van der Waals surface area contributed by atoms with Crippen molar-refractivity contribution in [2.45, 2.75) is 75.5 Å². The van der Waals surface area contributed by atoms with Gasteiger partial charge in [-0.2, -0.15) is 0 Å². The van der Waals surface area contributed by atoms with E-state index in [9.17, 15) is 0 Å². The maximum absolute atomic E-state index is 2.58. The van der Waals surface area contributed by atoms with Crippen LogP contribution in [0.2, 0.25) is 0 Å². The molecule has 23 rings (SSSR count). The first-order valence-corrected chi connectivity index (χ1v) is 42.5. The van der Waals surface area contributed by atoms with E-state index in [0.29, 0.717) is 0 Å². The van der Waals surface area contributed by atoms with Gasteiger partial charge in [0.1, 0.15) is 0 Å². The third kappa shape index (κ3) is 10.5. The number of benzene rings is 19. The van der Waals surface area contributed by atoms with Crippen LogP contribution in [0.5, 0.6) is 0 Å². The minimum Gasteiger partial charge on any atom is -0.310 e. The van der Waals surface area contributed by atoms with Crippen molar-refractivity contribution in [3.05, 3.63) is 479 Å². The topological polar surface area (TPSA) is 6.48 Å². The van der Waals surface area contributed by atoms with E-state index >= 15 is 0 Å². The fraction of sp³-hybridized carbons (Fsp3) is 0.102. The highest BCUT2D eigenvalue weighted by molar-refractivity contribution is 6.23. The minimum absolute atomic E-state index is 0.0751. The Kier molecular flexibility index (Phi) is 15.8. The summed E-state index contributed by atoms with van der Waals surface area (Å²) in [7, 11) is 0. The van der Waals surface area contributed by atoms with Crippen LogP contribution in [0.25, 0.3) is 110 Å². The fourth-order valence-electron chi connectivity index (χ4n) is 22.0. The molecule has 2 heteroatoms. The molecule has 0 heterocycles. The lowest BCUT2D eigenvalue weighted by atomic mass is 9.67. The van der Waals surface area contributed by atoms with Crippen molar-refractivity contribution in [1.82, 2.24) is 0 Å². The Morgan fingerprint density at radius 1 is 0.200 bits per heavy atom. The second-order valence-electron chi connectivity index (χ2n) is 35.8. The zero-order valence-corrected chi connectivity index (χ0v) is 68.6. The third-order valence-electron chi connectivity index (χ3n) is 27.7. The van der Waals surface area contributed by atoms with Gasteiger partial charge in [-0.05, 0) is 297 Å². The first-order chi connectivity index (χ1) is 58.6. The van der Waals surface area contributed by atoms with E-state index in [4.69, 9.17) is 0 Å². The molecular formula is C118H88N2. The second-order valence-corrected chi connectivity index (χ2v) is 35.8. The van der Waals surface area contributed by atoms with Crippen LogP contribution in [0.4, 0.5) is 34.1 Å². The van der Waals surface area contributed by atoms with Crippen LogP contribution in [0.15, 0.2) is 406 Å². The van der Waals surface area contributed by atoms with Crippen molar-refractivity contribution >= 4 is 77.2 Å². The summed E-state index contributed by atoms with van der Waals surface area (Å²) in [5, 5.41) is 9.71. The highest BCUT2D eigenvalue weighted by Gasteiger charge is 2.49. The normalized spacial score (nSPS) is 14.4. The number of hydrogen-bond donors (Lipinski definition) is 0. The maximum Gasteiger partial charge on any atom is 0.0714 e. The Balaban J connectivity index is 0.817. The molecule has 0 amide bonds. The van der Waals surface area contributed by atoms with E-state index in [0.717, 1.165) is 34.1 Å². The molecule has 0 radical (unpaired) electrons. The Labute approximate surface area is 703 Å². The number of rotatable bonds is 12. The van der Waals surface area contributed by atoms with Gasteiger partial charge in [0, 0.05) is 45.0 Å². The molecule has 19 aromatic carbocycles. The van der Waals surface area contributed by atoms with Crippen molar-refractivity contribution in [3.8, 4) is 66.8 Å². The van der Waals surface area contributed by atoms with Crippen LogP contribution < -0.4 is 9.80 Å². The van der Waals surface area contributed by atoms with Gasteiger partial charge < -0.3 is 9.80 Å². The number of para-hydroxylation sites is 1. The fourth-order valence-corrected chi connectivity index (χ4v) is 22.0. The summed E-state index contributed by atoms with van der Waals surface area (Å²) in [5.41, 5.74) is 36.0. The molecule has 0 bridgehead atoms. The van der Waals surface area contributed by atoms with E-state index in [1.807, 2.05) is 0 Å². The average molecular weight is 1530 g/mol. The largest absolute Gasteiger partial charge is 0.310 e. The Hall–Kier alpha value is -14.2. The van der Waals surface area contributed by atoms with Crippen molar-refractivity contribution in [2.24, 2.45) is 0 Å². The number of anilines is 6. The molecule has 0 unspecified atom stereocenters. The first kappa shape index (κ1) is 71.2. The van der Waals surface area contributed by atoms with Crippen LogP contribution in [0.1, 0.15) is 121 Å². The molecular weight excluding hydrogens is 1450 g/mol. The molecule has 4 aliphatic rings. The lowest BCUT2D eigenvalue weighted by Gasteiger charge is -2.35. The second kappa shape index (κ2) is 26.7. The quantitative estimate of drug-likeness (QED) is 0.113. The molecule has 120 heavy (non-hydrogen) atoms. The summed E-state index contributed by atoms with van der Waals surface area (Å²) in [5.74, 6) is 0. The summed E-state index contributed by atoms with van der Waals surface area (Å²) in [6.07, 6.45) is 0. The molecule has 0 atom stereocenters. The summed E-state index contributed by atoms with van der Waals surface area (Å²) in [6.45, 7) is 16.7. The van der Waals surface area contributed by atoms with Gasteiger partial charge in [0.05, 0.1) is 10.8 Å². The third-order valence-corrected chi connectivity index (χ3v) is 27.7. The van der Waals surface area contributed by atoms with Gasteiger partial charge in [0.15, 0.2) is 0 Å². The Morgan fingerprint density at radius 2 is 0.492 bits per heavy atom. The van der Waals surface area contributed by atoms with Gasteiger partial charge in [0.25, 0.3) is 0 Å². The van der Waals surface area contributed by atoms with Crippen LogP contribution in [-0.2, 0) is 27.1 Å². The molecule has 0 spiro atoms. The minimum atomic E-state index is -0.625. The molecule has 0 saturated carbocycles. The van der Waals surface area contributed by atoms with Gasteiger partial charge >= 0.3 is 0 Å². The predicted molar refractivity (Wildman–Crippen MR) is 505 cm³/mol. The van der Waals surface area contributed by atoms with Gasteiger partial charge in [-0.25, -0.2) is 0 Å². The number of fused-ring (bicyclic) bond motifs is 16. The monoisotopic (exact) mass is 1530 g/mol. The van der Waals surface area contributed by atoms with Crippen LogP contribution in [-0.4, -0.2) is 0 Å². The van der Waals surface area contributed by atoms with Gasteiger partial charge in [0.2, 0.25) is 0 Å². The Bertz CT molecular complexity index is 7330. The maximum atomic E-state index is 2.58. The molecule has 0 aromatic heterocycles. The smallest absolute Gasteiger partial charge is 0.0714 e. The van der Waals surface area contributed by atoms with Crippen molar-refractivity contribution in [2.75, 3.05) is 9.80 Å². The van der Waals surface area contributed by atoms with Crippen LogP contribution in [0.3, 0.4) is 0 Å². The van der Waals surface area contributed by atoms with Crippen LogP contribution in [0, 0.1) is 0 Å². The van der Waals surface area contributed by atoms with Gasteiger partial charge in [-0.1, -0.05) is 346 Å². The summed E-state index contributed by atoms with van der Waals surface area (Å²) in [6, 6.07) is 156. The molecule has 570 valence electrons. The molecule has 19 aromatic rings. The number of hydrogen-bond acceptors (Lipinski definition) is 2. The molecule has 0 saturated heterocycles. The zero-order valence-electron chi connectivity index (χ0n) is 68.6. The summed E-state index contributed by atoms with van der Waals surface area (Å²) < 4.78 is 0. The summed E-state index contributed by atoms with van der Waals surface area (Å²) >= 11 is 0. The standard InChI is InChI=1S/C118H88N2/c1-114(2,3)81-51-53-87(54-52-81)120(91-56-62-95-93-46-28-30-48-105(93)118(111(95)74-91,84-39-17-10-18-40-84)85-41-19-11-20-42-85)89-58-64-99-103(72-89)113(80-50-60-97-101-66-76-32-24-26-34-78(76)68-109(101)116(6,7)107(97)70-80)98-63-57-88(71-102(98)112(99)79-49-59-96-100-65-75-31-23-25-33-77(75)67-108(100)115(4,5)106(96)69-79)119(86-43-21-12-22-44-86)90-55-61-94-92-45-27-29-47-104(92)117(110(94)73-90,82-35-13-8-14-36-82)83-37-15-9-16-38-83/h8-74H,1-7H3. The highest BCUT2D eigenvalue weighted by atomic mass is 15.1. The average Bonchev–Trinajstić information content (AvgIpc) is 1.47. The van der Waals surface area contributed by atoms with Crippen LogP contribution >= 0.6 is 0 Å². The lowest BCUT2D eigenvalue weighted by Crippen LogP contribution is -2.28. The van der Waals surface area contributed by atoms with E-state index in [1.54, 1.807) is 0 Å². The van der Waals surface area contributed by atoms with Crippen molar-refractivity contribution < 1.29 is 0 Å². The molecule has 0 fully saturated rings. The van der Waals surface area contributed by atoms with Crippen molar-refractivity contribution in [1.29, 1.82) is 0 Å². The van der Waals surface area contributed by atoms with E-state index in [1.165, 1.54) is 182 Å². The molecule has 2 nitrogen and oxygen atoms in total.